The maximum atomic E-state index is 12.5. The van der Waals surface area contributed by atoms with Gasteiger partial charge in [-0.1, -0.05) is 29.4 Å². The number of nitrogens with one attached hydrogen (secondary N) is 1. The Morgan fingerprint density at radius 1 is 1.34 bits per heavy atom. The highest BCUT2D eigenvalue weighted by molar-refractivity contribution is 8.33. The lowest BCUT2D eigenvalue weighted by Crippen LogP contribution is -2.50. The zero-order chi connectivity index (χ0) is 21.2. The van der Waals surface area contributed by atoms with Crippen molar-refractivity contribution in [3.63, 3.8) is 0 Å². The number of amides is 1. The van der Waals surface area contributed by atoms with Crippen molar-refractivity contribution in [2.45, 2.75) is 37.5 Å². The van der Waals surface area contributed by atoms with Crippen molar-refractivity contribution >= 4 is 31.3 Å². The summed E-state index contributed by atoms with van der Waals surface area (Å²) in [4.78, 5) is 21.7. The highest BCUT2D eigenvalue weighted by Crippen LogP contribution is 2.30. The van der Waals surface area contributed by atoms with Crippen LogP contribution in [0.4, 0.5) is 0 Å². The largest absolute Gasteiger partial charge is 0.392 e. The number of carbonyl (C=O) groups is 1. The molecule has 3 atom stereocenters. The van der Waals surface area contributed by atoms with E-state index in [0.717, 1.165) is 28.0 Å². The van der Waals surface area contributed by atoms with Crippen LogP contribution in [0.15, 0.2) is 47.9 Å². The van der Waals surface area contributed by atoms with Crippen molar-refractivity contribution in [2.75, 3.05) is 6.26 Å². The molecular weight excluding hydrogens is 410 g/mol. The van der Waals surface area contributed by atoms with Gasteiger partial charge in [0.1, 0.15) is 10.9 Å². The number of nitrogens with zero attached hydrogens (tertiary/aromatic N) is 2. The number of rotatable bonds is 6. The zero-order valence-electron chi connectivity index (χ0n) is 16.4. The average molecular weight is 434 g/mol. The van der Waals surface area contributed by atoms with E-state index >= 15 is 0 Å². The molecule has 2 N–H and O–H groups in total. The molecular formula is C20H23N3O4S2. The number of aryl methyl sites for hydroxylation is 1. The van der Waals surface area contributed by atoms with Gasteiger partial charge >= 0.3 is 0 Å². The van der Waals surface area contributed by atoms with E-state index in [9.17, 15) is 9.00 Å². The highest BCUT2D eigenvalue weighted by Gasteiger charge is 2.44. The number of pyridine rings is 1. The van der Waals surface area contributed by atoms with Crippen molar-refractivity contribution in [2.24, 2.45) is 5.16 Å². The van der Waals surface area contributed by atoms with Gasteiger partial charge in [-0.3, -0.25) is 19.2 Å². The number of hydrogen-bond acceptors (Lipinski definition) is 7. The van der Waals surface area contributed by atoms with Crippen LogP contribution in [-0.4, -0.2) is 43.1 Å². The zero-order valence-corrected chi connectivity index (χ0v) is 18.0. The summed E-state index contributed by atoms with van der Waals surface area (Å²) in [6, 6.07) is 9.93. The molecule has 2 unspecified atom stereocenters. The molecule has 29 heavy (non-hydrogen) atoms. The molecule has 0 spiro atoms. The van der Waals surface area contributed by atoms with Crippen LogP contribution >= 0.6 is 0 Å². The number of oxime groups is 1. The van der Waals surface area contributed by atoms with Gasteiger partial charge in [0.25, 0.3) is 5.91 Å². The maximum absolute atomic E-state index is 12.5. The minimum absolute atomic E-state index is 0.0829. The first-order valence-corrected chi connectivity index (χ1v) is 11.9. The average Bonchev–Trinajstić information content (AvgIpc) is 3.15. The first kappa shape index (κ1) is 21.4. The molecule has 1 amide bonds. The second-order valence-corrected chi connectivity index (χ2v) is 11.7. The summed E-state index contributed by atoms with van der Waals surface area (Å²) in [5.74, 6) is -0.783. The third kappa shape index (κ3) is 4.31. The van der Waals surface area contributed by atoms with E-state index in [4.69, 9.17) is 21.2 Å². The molecule has 0 aliphatic carbocycles. The van der Waals surface area contributed by atoms with E-state index in [2.05, 4.69) is 10.1 Å². The van der Waals surface area contributed by atoms with Gasteiger partial charge in [0.15, 0.2) is 0 Å². The van der Waals surface area contributed by atoms with Crippen molar-refractivity contribution in [1.82, 2.24) is 10.5 Å². The molecule has 7 nitrogen and oxygen atoms in total. The monoisotopic (exact) mass is 433 g/mol. The molecule has 3 rings (SSSR count). The Morgan fingerprint density at radius 2 is 2.00 bits per heavy atom. The standard InChI is InChI=1S/C20H23N3O4S2/c1-13-12-21-9-8-17(13)14-4-6-15(7-5-14)18-10-16(27-23-18)11-20(2,19(24)22-25)29(3,26)28/h4-9,12,16,25H,10-11H2,1-3H3,(H,22,24)/t16-,20?,29?/m1/s1. The SMILES string of the molecule is Cc1cnccc1-c1ccc(C2=NO[C@@H](CC(C)(C(=O)NO)S(C)(=O)=S)C2)cc1. The molecule has 2 aromatic rings. The molecule has 1 aromatic heterocycles. The highest BCUT2D eigenvalue weighted by atomic mass is 32.8. The quantitative estimate of drug-likeness (QED) is 0.536. The summed E-state index contributed by atoms with van der Waals surface area (Å²) in [6.45, 7) is 3.49. The van der Waals surface area contributed by atoms with Gasteiger partial charge in [-0.15, -0.1) is 0 Å². The van der Waals surface area contributed by atoms with Crippen LogP contribution in [0.25, 0.3) is 11.1 Å². The van der Waals surface area contributed by atoms with E-state index < -0.39 is 25.3 Å². The number of hydrogen-bond donors (Lipinski definition) is 2. The summed E-state index contributed by atoms with van der Waals surface area (Å²) in [6.07, 6.45) is 4.99. The van der Waals surface area contributed by atoms with Crippen molar-refractivity contribution in [3.05, 3.63) is 53.9 Å². The van der Waals surface area contributed by atoms with Gasteiger partial charge < -0.3 is 4.84 Å². The second kappa shape index (κ2) is 8.17. The molecule has 9 heteroatoms. The lowest BCUT2D eigenvalue weighted by molar-refractivity contribution is -0.132. The van der Waals surface area contributed by atoms with Gasteiger partial charge in [0.2, 0.25) is 0 Å². The van der Waals surface area contributed by atoms with Crippen LogP contribution in [-0.2, 0) is 29.3 Å². The van der Waals surface area contributed by atoms with Gasteiger partial charge in [-0.25, -0.2) is 5.48 Å². The molecule has 0 saturated carbocycles. The topological polar surface area (TPSA) is 101 Å². The minimum Gasteiger partial charge on any atom is -0.392 e. The summed E-state index contributed by atoms with van der Waals surface area (Å²) in [5.41, 5.74) is 6.51. The normalized spacial score (nSPS) is 20.1. The van der Waals surface area contributed by atoms with E-state index in [-0.39, 0.29) is 6.42 Å². The van der Waals surface area contributed by atoms with Gasteiger partial charge in [-0.05, 0) is 53.4 Å². The third-order valence-corrected chi connectivity index (χ3v) is 8.39. The van der Waals surface area contributed by atoms with Crippen LogP contribution < -0.4 is 5.48 Å². The summed E-state index contributed by atoms with van der Waals surface area (Å²) < 4.78 is 11.0. The summed E-state index contributed by atoms with van der Waals surface area (Å²) in [7, 11) is -2.96. The Bertz CT molecular complexity index is 1050. The Morgan fingerprint density at radius 3 is 2.59 bits per heavy atom. The molecule has 1 aliphatic heterocycles. The number of carbonyl (C=O) groups excluding carboxylic acids is 1. The molecule has 0 saturated heterocycles. The van der Waals surface area contributed by atoms with Crippen LogP contribution in [0, 0.1) is 6.92 Å². The van der Waals surface area contributed by atoms with Crippen LogP contribution in [0.1, 0.15) is 30.9 Å². The summed E-state index contributed by atoms with van der Waals surface area (Å²) >= 11 is 5.05. The van der Waals surface area contributed by atoms with Crippen LogP contribution in [0.3, 0.4) is 0 Å². The number of benzene rings is 1. The predicted octanol–water partition coefficient (Wildman–Crippen LogP) is 2.58. The fraction of sp³-hybridized carbons (Fsp3) is 0.350. The molecule has 0 fully saturated rings. The Kier molecular flexibility index (Phi) is 6.02. The Hall–Kier alpha value is -2.36. The van der Waals surface area contributed by atoms with E-state index in [1.54, 1.807) is 11.7 Å². The van der Waals surface area contributed by atoms with Gasteiger partial charge in [0.05, 0.1) is 5.71 Å². The first-order valence-electron chi connectivity index (χ1n) is 9.04. The van der Waals surface area contributed by atoms with E-state index in [1.807, 2.05) is 43.5 Å². The van der Waals surface area contributed by atoms with Gasteiger partial charge in [0, 0.05) is 40.0 Å². The molecule has 2 heterocycles. The van der Waals surface area contributed by atoms with Crippen LogP contribution in [0.5, 0.6) is 0 Å². The minimum atomic E-state index is -2.96. The summed E-state index contributed by atoms with van der Waals surface area (Å²) in [5, 5.41) is 13.2. The third-order valence-electron chi connectivity index (χ3n) is 5.30. The van der Waals surface area contributed by atoms with Gasteiger partial charge in [-0.2, -0.15) is 0 Å². The molecule has 1 aromatic carbocycles. The molecule has 0 bridgehead atoms. The molecule has 1 aliphatic rings. The predicted molar refractivity (Wildman–Crippen MR) is 115 cm³/mol. The molecule has 154 valence electrons. The van der Waals surface area contributed by atoms with Crippen molar-refractivity contribution in [1.29, 1.82) is 0 Å². The fourth-order valence-corrected chi connectivity index (χ4v) is 4.62. The number of aromatic nitrogens is 1. The Labute approximate surface area is 174 Å². The molecule has 0 radical (unpaired) electrons. The second-order valence-electron chi connectivity index (χ2n) is 7.39. The lowest BCUT2D eigenvalue weighted by atomic mass is 9.95. The van der Waals surface area contributed by atoms with Crippen molar-refractivity contribution in [3.8, 4) is 11.1 Å². The Balaban J connectivity index is 1.74. The van der Waals surface area contributed by atoms with E-state index in [0.29, 0.717) is 6.42 Å². The smallest absolute Gasteiger partial charge is 0.262 e. The fourth-order valence-electron chi connectivity index (χ4n) is 3.31. The number of hydroxylamine groups is 1. The van der Waals surface area contributed by atoms with Crippen LogP contribution in [0.2, 0.25) is 0 Å². The van der Waals surface area contributed by atoms with E-state index in [1.165, 1.54) is 13.2 Å². The maximum Gasteiger partial charge on any atom is 0.262 e. The van der Waals surface area contributed by atoms with Crippen molar-refractivity contribution < 1.29 is 19.0 Å². The lowest BCUT2D eigenvalue weighted by Gasteiger charge is -2.29. The first-order chi connectivity index (χ1) is 13.7.